The van der Waals surface area contributed by atoms with Crippen LogP contribution < -0.4 is 5.32 Å². The highest BCUT2D eigenvalue weighted by Gasteiger charge is 2.22. The lowest BCUT2D eigenvalue weighted by molar-refractivity contribution is -0.150. The Labute approximate surface area is 234 Å². The number of hydrogen-bond acceptors (Lipinski definition) is 8. The average Bonchev–Trinajstić information content (AvgIpc) is 2.75. The van der Waals surface area contributed by atoms with Gasteiger partial charge in [0, 0.05) is 19.4 Å². The van der Waals surface area contributed by atoms with Gasteiger partial charge in [0.25, 0.3) is 0 Å². The van der Waals surface area contributed by atoms with Crippen LogP contribution in [-0.4, -0.2) is 53.3 Å². The van der Waals surface area contributed by atoms with Crippen LogP contribution in [0.15, 0.2) is 30.3 Å². The Morgan fingerprint density at radius 1 is 0.974 bits per heavy atom. The fourth-order valence-corrected chi connectivity index (χ4v) is 3.24. The zero-order valence-corrected chi connectivity index (χ0v) is 25.4. The number of esters is 1. The largest absolute Gasteiger partial charge is 0.508 e. The third-order valence-corrected chi connectivity index (χ3v) is 4.76. The number of rotatable bonds is 3. The van der Waals surface area contributed by atoms with Gasteiger partial charge in [0.2, 0.25) is 0 Å². The monoisotopic (exact) mass is 553 g/mol. The Morgan fingerprint density at radius 3 is 1.95 bits per heavy atom. The van der Waals surface area contributed by atoms with Crippen LogP contribution in [0.4, 0.5) is 9.59 Å². The number of carbonyl (C=O) groups is 3. The summed E-state index contributed by atoms with van der Waals surface area (Å²) in [5.74, 6) is 0.827. The number of amides is 2. The van der Waals surface area contributed by atoms with Crippen molar-refractivity contribution in [3.8, 4) is 5.75 Å². The fourth-order valence-electron chi connectivity index (χ4n) is 3.24. The summed E-state index contributed by atoms with van der Waals surface area (Å²) in [5.41, 5.74) is -1.27. The van der Waals surface area contributed by atoms with Crippen molar-refractivity contribution in [3.05, 3.63) is 30.3 Å². The van der Waals surface area contributed by atoms with Crippen molar-refractivity contribution in [2.75, 3.05) is 6.61 Å². The molecule has 1 aliphatic rings. The van der Waals surface area contributed by atoms with E-state index in [1.54, 1.807) is 65.8 Å². The standard InChI is InChI=1S/C14H26O3.C10H19NO4.C6H6O/c1-11(2)10-16-13-7-5-4-6-8-14(15)17-12(3)9-13;1-9(2,3)14-7(12)11-8(13)15-10(4,5)6;7-6-4-2-1-3-5-6/h11-13H,4-10H2,1-3H3;1-6H3,(H,11,12,13);1-5,7H. The molecule has 2 unspecified atom stereocenters. The molecule has 2 rings (SSSR count). The quantitative estimate of drug-likeness (QED) is 0.299. The molecule has 9 heteroatoms. The Kier molecular flexibility index (Phi) is 17.1. The van der Waals surface area contributed by atoms with Crippen molar-refractivity contribution in [1.82, 2.24) is 5.32 Å². The molecule has 2 N–H and O–H groups in total. The van der Waals surface area contributed by atoms with E-state index in [1.165, 1.54) is 0 Å². The minimum atomic E-state index is -0.809. The van der Waals surface area contributed by atoms with Crippen LogP contribution in [0.25, 0.3) is 0 Å². The van der Waals surface area contributed by atoms with E-state index < -0.39 is 23.4 Å². The van der Waals surface area contributed by atoms with Crippen LogP contribution in [0.2, 0.25) is 0 Å². The maximum absolute atomic E-state index is 11.4. The van der Waals surface area contributed by atoms with Gasteiger partial charge < -0.3 is 24.1 Å². The highest BCUT2D eigenvalue weighted by Crippen LogP contribution is 2.18. The van der Waals surface area contributed by atoms with Gasteiger partial charge in [0.1, 0.15) is 23.1 Å². The van der Waals surface area contributed by atoms with Gasteiger partial charge in [-0.3, -0.25) is 4.79 Å². The second kappa shape index (κ2) is 18.5. The van der Waals surface area contributed by atoms with E-state index >= 15 is 0 Å². The molecule has 0 bridgehead atoms. The van der Waals surface area contributed by atoms with Crippen molar-refractivity contribution in [2.24, 2.45) is 5.92 Å². The first kappa shape index (κ1) is 36.2. The molecule has 1 aromatic rings. The zero-order chi connectivity index (χ0) is 30.1. The lowest BCUT2D eigenvalue weighted by Gasteiger charge is -2.24. The predicted molar refractivity (Wildman–Crippen MR) is 152 cm³/mol. The van der Waals surface area contributed by atoms with E-state index in [0.29, 0.717) is 18.1 Å². The number of phenolic OH excluding ortho intramolecular Hbond substituents is 1. The van der Waals surface area contributed by atoms with Crippen molar-refractivity contribution in [3.63, 3.8) is 0 Å². The molecular formula is C30H51NO8. The summed E-state index contributed by atoms with van der Waals surface area (Å²) in [6.45, 7) is 17.3. The molecule has 0 aromatic heterocycles. The molecule has 39 heavy (non-hydrogen) atoms. The van der Waals surface area contributed by atoms with Crippen LogP contribution in [0.3, 0.4) is 0 Å². The Bertz CT molecular complexity index is 802. The molecule has 1 fully saturated rings. The first-order chi connectivity index (χ1) is 18.0. The van der Waals surface area contributed by atoms with Gasteiger partial charge in [-0.1, -0.05) is 44.9 Å². The number of hydrogen-bond donors (Lipinski definition) is 2. The minimum absolute atomic E-state index is 0.0160. The first-order valence-corrected chi connectivity index (χ1v) is 13.7. The maximum atomic E-state index is 11.4. The highest BCUT2D eigenvalue weighted by atomic mass is 16.6. The number of para-hydroxylation sites is 1. The second-order valence-electron chi connectivity index (χ2n) is 11.9. The highest BCUT2D eigenvalue weighted by molar-refractivity contribution is 5.87. The van der Waals surface area contributed by atoms with Gasteiger partial charge >= 0.3 is 18.2 Å². The van der Waals surface area contributed by atoms with Crippen molar-refractivity contribution < 1.29 is 38.4 Å². The number of cyclic esters (lactones) is 1. The van der Waals surface area contributed by atoms with Crippen LogP contribution in [0, 0.1) is 5.92 Å². The first-order valence-electron chi connectivity index (χ1n) is 13.7. The number of nitrogens with one attached hydrogen (secondary N) is 1. The van der Waals surface area contributed by atoms with Gasteiger partial charge in [0.15, 0.2) is 0 Å². The summed E-state index contributed by atoms with van der Waals surface area (Å²) in [6.07, 6.45) is 4.31. The number of imide groups is 1. The second-order valence-corrected chi connectivity index (χ2v) is 11.9. The minimum Gasteiger partial charge on any atom is -0.508 e. The summed E-state index contributed by atoms with van der Waals surface area (Å²) < 4.78 is 21.0. The van der Waals surface area contributed by atoms with Gasteiger partial charge in [-0.2, -0.15) is 0 Å². The number of aromatic hydroxyl groups is 1. The smallest absolute Gasteiger partial charge is 0.417 e. The third-order valence-electron chi connectivity index (χ3n) is 4.76. The molecular weight excluding hydrogens is 502 g/mol. The van der Waals surface area contributed by atoms with Crippen molar-refractivity contribution in [1.29, 1.82) is 0 Å². The number of ether oxygens (including phenoxy) is 4. The van der Waals surface area contributed by atoms with E-state index in [-0.39, 0.29) is 18.2 Å². The lowest BCUT2D eigenvalue weighted by Crippen LogP contribution is -2.39. The van der Waals surface area contributed by atoms with Gasteiger partial charge in [-0.15, -0.1) is 0 Å². The van der Waals surface area contributed by atoms with Gasteiger partial charge in [-0.25, -0.2) is 14.9 Å². The summed E-state index contributed by atoms with van der Waals surface area (Å²) in [6, 6.07) is 8.71. The van der Waals surface area contributed by atoms with E-state index in [1.807, 2.05) is 18.3 Å². The summed E-state index contributed by atoms with van der Waals surface area (Å²) in [4.78, 5) is 33.7. The average molecular weight is 554 g/mol. The van der Waals surface area contributed by atoms with E-state index in [2.05, 4.69) is 13.8 Å². The molecule has 0 radical (unpaired) electrons. The summed E-state index contributed by atoms with van der Waals surface area (Å²) in [5, 5.41) is 10.6. The molecule has 1 aliphatic heterocycles. The molecule has 0 spiro atoms. The molecule has 224 valence electrons. The van der Waals surface area contributed by atoms with E-state index in [4.69, 9.17) is 24.1 Å². The number of alkyl carbamates (subject to hydrolysis) is 2. The third kappa shape index (κ3) is 24.0. The predicted octanol–water partition coefficient (Wildman–Crippen LogP) is 7.15. The summed E-state index contributed by atoms with van der Waals surface area (Å²) in [7, 11) is 0. The molecule has 1 saturated heterocycles. The number of benzene rings is 1. The molecule has 2 amide bonds. The van der Waals surface area contributed by atoms with Crippen LogP contribution in [0.1, 0.15) is 101 Å². The van der Waals surface area contributed by atoms with Gasteiger partial charge in [-0.05, 0) is 79.4 Å². The molecule has 2 atom stereocenters. The van der Waals surface area contributed by atoms with Gasteiger partial charge in [0.05, 0.1) is 6.10 Å². The van der Waals surface area contributed by atoms with Crippen molar-refractivity contribution >= 4 is 18.2 Å². The normalized spacial score (nSPS) is 18.3. The molecule has 0 aliphatic carbocycles. The maximum Gasteiger partial charge on any atom is 0.417 e. The lowest BCUT2D eigenvalue weighted by atomic mass is 10.0. The van der Waals surface area contributed by atoms with Crippen molar-refractivity contribution in [2.45, 2.75) is 124 Å². The molecule has 1 heterocycles. The van der Waals surface area contributed by atoms with Crippen LogP contribution >= 0.6 is 0 Å². The van der Waals surface area contributed by atoms with E-state index in [0.717, 1.165) is 38.7 Å². The Hall–Kier alpha value is -2.81. The van der Waals surface area contributed by atoms with Crippen LogP contribution in [-0.2, 0) is 23.7 Å². The molecule has 0 saturated carbocycles. The molecule has 9 nitrogen and oxygen atoms in total. The fraction of sp³-hybridized carbons (Fsp3) is 0.700. The topological polar surface area (TPSA) is 120 Å². The van der Waals surface area contributed by atoms with Crippen LogP contribution in [0.5, 0.6) is 5.75 Å². The van der Waals surface area contributed by atoms with E-state index in [9.17, 15) is 14.4 Å². The number of carbonyl (C=O) groups excluding carboxylic acids is 3. The Balaban J connectivity index is 0.000000598. The Morgan fingerprint density at radius 2 is 1.51 bits per heavy atom. The number of phenols is 1. The zero-order valence-electron chi connectivity index (χ0n) is 25.4. The SMILES string of the molecule is CC(C)(C)OC(=O)NC(=O)OC(C)(C)C.CC(C)COC1CCCCCC(=O)OC(C)C1.Oc1ccccc1. The molecule has 1 aromatic carbocycles. The summed E-state index contributed by atoms with van der Waals surface area (Å²) >= 11 is 0.